The van der Waals surface area contributed by atoms with Crippen LogP contribution in [0.3, 0.4) is 0 Å². The van der Waals surface area contributed by atoms with Crippen LogP contribution in [0.15, 0.2) is 30.5 Å². The molecule has 0 fully saturated rings. The molecule has 2 aromatic rings. The van der Waals surface area contributed by atoms with Crippen LogP contribution in [0.5, 0.6) is 5.75 Å². The van der Waals surface area contributed by atoms with E-state index in [-0.39, 0.29) is 0 Å². The zero-order valence-corrected chi connectivity index (χ0v) is 10.7. The van der Waals surface area contributed by atoms with E-state index in [1.165, 1.54) is 11.3 Å². The molecule has 1 aromatic carbocycles. The van der Waals surface area contributed by atoms with Crippen LogP contribution in [-0.2, 0) is 13.1 Å². The van der Waals surface area contributed by atoms with Gasteiger partial charge in [-0.1, -0.05) is 12.1 Å². The molecular weight excluding hydrogens is 226 g/mol. The maximum atomic E-state index is 5.18. The van der Waals surface area contributed by atoms with Crippen LogP contribution >= 0.6 is 0 Å². The number of benzene rings is 1. The normalized spacial score (nSPS) is 18.4. The van der Waals surface area contributed by atoms with Gasteiger partial charge in [0, 0.05) is 18.4 Å². The summed E-state index contributed by atoms with van der Waals surface area (Å²) < 4.78 is 7.47. The van der Waals surface area contributed by atoms with Crippen molar-refractivity contribution < 1.29 is 4.74 Å². The first-order valence-corrected chi connectivity index (χ1v) is 6.16. The molecule has 0 saturated carbocycles. The zero-order chi connectivity index (χ0) is 12.5. The fourth-order valence-corrected chi connectivity index (χ4v) is 2.42. The lowest BCUT2D eigenvalue weighted by Gasteiger charge is -2.26. The number of rotatable bonds is 2. The molecule has 0 aliphatic carbocycles. The molecule has 1 N–H and O–H groups in total. The summed E-state index contributed by atoms with van der Waals surface area (Å²) in [6.45, 7) is 3.87. The first-order valence-electron chi connectivity index (χ1n) is 6.16. The number of imidazole rings is 1. The molecule has 3 rings (SSSR count). The minimum atomic E-state index is 0.344. The van der Waals surface area contributed by atoms with Crippen LogP contribution in [0, 0.1) is 6.92 Å². The monoisotopic (exact) mass is 243 g/mol. The Bertz CT molecular complexity index is 545. The molecule has 0 bridgehead atoms. The Kier molecular flexibility index (Phi) is 2.80. The van der Waals surface area contributed by atoms with Crippen molar-refractivity contribution in [1.29, 1.82) is 0 Å². The van der Waals surface area contributed by atoms with Crippen molar-refractivity contribution >= 4 is 0 Å². The number of nitrogens with one attached hydrogen (secondary N) is 1. The lowest BCUT2D eigenvalue weighted by atomic mass is 10.1. The molecule has 2 heterocycles. The summed E-state index contributed by atoms with van der Waals surface area (Å²) in [7, 11) is 1.69. The average Bonchev–Trinajstić information content (AvgIpc) is 2.80. The van der Waals surface area contributed by atoms with Gasteiger partial charge in [0.1, 0.15) is 11.6 Å². The lowest BCUT2D eigenvalue weighted by molar-refractivity contribution is 0.390. The summed E-state index contributed by atoms with van der Waals surface area (Å²) in [5.41, 5.74) is 2.51. The van der Waals surface area contributed by atoms with Gasteiger partial charge in [-0.3, -0.25) is 0 Å². The van der Waals surface area contributed by atoms with Crippen molar-refractivity contribution in [2.75, 3.05) is 7.11 Å². The fourth-order valence-electron chi connectivity index (χ4n) is 2.42. The van der Waals surface area contributed by atoms with Gasteiger partial charge in [-0.25, -0.2) is 4.98 Å². The molecule has 1 unspecified atom stereocenters. The standard InChI is InChI=1S/C14H17N3O/c1-10-7-16-14-8-15-13(9-17(10)14)11-3-5-12(18-2)6-4-11/h3-7,13,15H,8-9H2,1-2H3. The lowest BCUT2D eigenvalue weighted by Crippen LogP contribution is -2.32. The van der Waals surface area contributed by atoms with E-state index in [2.05, 4.69) is 33.9 Å². The molecule has 18 heavy (non-hydrogen) atoms. The average molecular weight is 243 g/mol. The van der Waals surface area contributed by atoms with E-state index in [0.29, 0.717) is 6.04 Å². The minimum Gasteiger partial charge on any atom is -0.497 e. The van der Waals surface area contributed by atoms with Crippen molar-refractivity contribution in [1.82, 2.24) is 14.9 Å². The second-order valence-electron chi connectivity index (χ2n) is 4.63. The Balaban J connectivity index is 1.84. The fraction of sp³-hybridized carbons (Fsp3) is 0.357. The maximum absolute atomic E-state index is 5.18. The Morgan fingerprint density at radius 2 is 2.11 bits per heavy atom. The van der Waals surface area contributed by atoms with Gasteiger partial charge < -0.3 is 14.6 Å². The highest BCUT2D eigenvalue weighted by Gasteiger charge is 2.20. The number of ether oxygens (including phenoxy) is 1. The molecule has 1 aromatic heterocycles. The molecule has 0 amide bonds. The number of fused-ring (bicyclic) bond motifs is 1. The predicted octanol–water partition coefficient (Wildman–Crippen LogP) is 2.04. The number of methoxy groups -OCH3 is 1. The van der Waals surface area contributed by atoms with Crippen LogP contribution in [0.25, 0.3) is 0 Å². The molecule has 0 spiro atoms. The van der Waals surface area contributed by atoms with Crippen LogP contribution < -0.4 is 10.1 Å². The van der Waals surface area contributed by atoms with Gasteiger partial charge in [0.2, 0.25) is 0 Å². The largest absolute Gasteiger partial charge is 0.497 e. The number of hydrogen-bond donors (Lipinski definition) is 1. The number of aryl methyl sites for hydroxylation is 1. The summed E-state index contributed by atoms with van der Waals surface area (Å²) in [6.07, 6.45) is 1.94. The van der Waals surface area contributed by atoms with E-state index in [1.54, 1.807) is 7.11 Å². The van der Waals surface area contributed by atoms with E-state index in [1.807, 2.05) is 18.3 Å². The van der Waals surface area contributed by atoms with Crippen LogP contribution in [0.2, 0.25) is 0 Å². The predicted molar refractivity (Wildman–Crippen MR) is 69.5 cm³/mol. The molecule has 0 saturated heterocycles. The number of nitrogens with zero attached hydrogens (tertiary/aromatic N) is 2. The van der Waals surface area contributed by atoms with E-state index in [0.717, 1.165) is 24.7 Å². The quantitative estimate of drug-likeness (QED) is 0.877. The molecule has 1 aliphatic rings. The molecule has 4 nitrogen and oxygen atoms in total. The van der Waals surface area contributed by atoms with Crippen molar-refractivity contribution in [3.8, 4) is 5.75 Å². The van der Waals surface area contributed by atoms with Gasteiger partial charge in [0.05, 0.1) is 19.7 Å². The summed E-state index contributed by atoms with van der Waals surface area (Å²) in [6, 6.07) is 8.60. The van der Waals surface area contributed by atoms with Crippen molar-refractivity contribution in [3.63, 3.8) is 0 Å². The van der Waals surface area contributed by atoms with Crippen molar-refractivity contribution in [3.05, 3.63) is 47.5 Å². The molecule has 4 heteroatoms. The first kappa shape index (κ1) is 11.3. The molecule has 1 aliphatic heterocycles. The van der Waals surface area contributed by atoms with Gasteiger partial charge in [-0.05, 0) is 24.6 Å². The van der Waals surface area contributed by atoms with E-state index in [4.69, 9.17) is 4.74 Å². The van der Waals surface area contributed by atoms with Crippen LogP contribution in [0.4, 0.5) is 0 Å². The number of aromatic nitrogens is 2. The van der Waals surface area contributed by atoms with E-state index < -0.39 is 0 Å². The van der Waals surface area contributed by atoms with Gasteiger partial charge in [0.15, 0.2) is 0 Å². The number of hydrogen-bond acceptors (Lipinski definition) is 3. The summed E-state index contributed by atoms with van der Waals surface area (Å²) in [4.78, 5) is 4.39. The smallest absolute Gasteiger partial charge is 0.122 e. The summed E-state index contributed by atoms with van der Waals surface area (Å²) in [5, 5.41) is 3.52. The third-order valence-electron chi connectivity index (χ3n) is 3.53. The molecule has 1 atom stereocenters. The summed E-state index contributed by atoms with van der Waals surface area (Å²) in [5.74, 6) is 2.02. The first-order chi connectivity index (χ1) is 8.78. The van der Waals surface area contributed by atoms with Gasteiger partial charge in [0.25, 0.3) is 0 Å². The maximum Gasteiger partial charge on any atom is 0.122 e. The Labute approximate surface area is 107 Å². The van der Waals surface area contributed by atoms with Gasteiger partial charge in [-0.15, -0.1) is 0 Å². The second kappa shape index (κ2) is 4.46. The Morgan fingerprint density at radius 3 is 2.83 bits per heavy atom. The third-order valence-corrected chi connectivity index (χ3v) is 3.53. The molecule has 0 radical (unpaired) electrons. The molecule has 94 valence electrons. The van der Waals surface area contributed by atoms with Gasteiger partial charge in [-0.2, -0.15) is 0 Å². The zero-order valence-electron chi connectivity index (χ0n) is 10.7. The van der Waals surface area contributed by atoms with Gasteiger partial charge >= 0.3 is 0 Å². The highest BCUT2D eigenvalue weighted by Crippen LogP contribution is 2.23. The van der Waals surface area contributed by atoms with Crippen LogP contribution in [0.1, 0.15) is 23.1 Å². The van der Waals surface area contributed by atoms with Crippen molar-refractivity contribution in [2.45, 2.75) is 26.1 Å². The van der Waals surface area contributed by atoms with E-state index in [9.17, 15) is 0 Å². The minimum absolute atomic E-state index is 0.344. The topological polar surface area (TPSA) is 39.1 Å². The Morgan fingerprint density at radius 1 is 1.33 bits per heavy atom. The van der Waals surface area contributed by atoms with Crippen LogP contribution in [-0.4, -0.2) is 16.7 Å². The van der Waals surface area contributed by atoms with Crippen molar-refractivity contribution in [2.24, 2.45) is 0 Å². The molecular formula is C14H17N3O. The summed E-state index contributed by atoms with van der Waals surface area (Å²) >= 11 is 0. The highest BCUT2D eigenvalue weighted by molar-refractivity contribution is 5.29. The Hall–Kier alpha value is -1.81. The highest BCUT2D eigenvalue weighted by atomic mass is 16.5. The second-order valence-corrected chi connectivity index (χ2v) is 4.63. The SMILES string of the molecule is COc1ccc(C2Cn3c(C)cnc3CN2)cc1. The van der Waals surface area contributed by atoms with E-state index >= 15 is 0 Å². The third kappa shape index (κ3) is 1.88.